The zero-order valence-corrected chi connectivity index (χ0v) is 10.4. The van der Waals surface area contributed by atoms with Crippen molar-refractivity contribution in [3.8, 4) is 0 Å². The summed E-state index contributed by atoms with van der Waals surface area (Å²) in [7, 11) is 0. The maximum atomic E-state index is 11.3. The number of carboxylic acid groups (broad SMARTS) is 1. The summed E-state index contributed by atoms with van der Waals surface area (Å²) in [5.41, 5.74) is 1.02. The van der Waals surface area contributed by atoms with Crippen LogP contribution in [0.1, 0.15) is 25.3 Å². The van der Waals surface area contributed by atoms with Gasteiger partial charge in [-0.25, -0.2) is 4.79 Å². The summed E-state index contributed by atoms with van der Waals surface area (Å²) < 4.78 is 0. The van der Waals surface area contributed by atoms with Gasteiger partial charge in [0.1, 0.15) is 5.54 Å². The molecule has 1 atom stereocenters. The second-order valence-electron chi connectivity index (χ2n) is 4.46. The highest BCUT2D eigenvalue weighted by atomic mass is 16.4. The third-order valence-electron chi connectivity index (χ3n) is 2.79. The Hall–Kier alpha value is -1.77. The SMILES string of the molecule is C=CCCC(C)(Nc1ccc(C)cc1)C(=O)O. The molecule has 0 fully saturated rings. The highest BCUT2D eigenvalue weighted by molar-refractivity contribution is 5.82. The van der Waals surface area contributed by atoms with E-state index < -0.39 is 11.5 Å². The number of rotatable bonds is 6. The zero-order chi connectivity index (χ0) is 12.9. The number of hydrogen-bond donors (Lipinski definition) is 2. The summed E-state index contributed by atoms with van der Waals surface area (Å²) in [5, 5.41) is 12.3. The van der Waals surface area contributed by atoms with E-state index in [-0.39, 0.29) is 0 Å². The molecule has 0 spiro atoms. The van der Waals surface area contributed by atoms with Crippen LogP contribution in [0.4, 0.5) is 5.69 Å². The van der Waals surface area contributed by atoms with Gasteiger partial charge in [0.05, 0.1) is 0 Å². The number of anilines is 1. The monoisotopic (exact) mass is 233 g/mol. The largest absolute Gasteiger partial charge is 0.480 e. The molecule has 3 nitrogen and oxygen atoms in total. The number of allylic oxidation sites excluding steroid dienone is 1. The van der Waals surface area contributed by atoms with Crippen molar-refractivity contribution in [2.75, 3.05) is 5.32 Å². The second kappa shape index (κ2) is 5.53. The minimum Gasteiger partial charge on any atom is -0.480 e. The Bertz CT molecular complexity index is 397. The van der Waals surface area contributed by atoms with Gasteiger partial charge >= 0.3 is 5.97 Å². The Morgan fingerprint density at radius 1 is 1.47 bits per heavy atom. The second-order valence-corrected chi connectivity index (χ2v) is 4.46. The Morgan fingerprint density at radius 3 is 2.53 bits per heavy atom. The molecule has 0 aliphatic heterocycles. The summed E-state index contributed by atoms with van der Waals surface area (Å²) in [5.74, 6) is -0.847. The molecule has 0 heterocycles. The predicted molar refractivity (Wildman–Crippen MR) is 70.3 cm³/mol. The highest BCUT2D eigenvalue weighted by Gasteiger charge is 2.31. The van der Waals surface area contributed by atoms with E-state index in [1.165, 1.54) is 0 Å². The van der Waals surface area contributed by atoms with Crippen LogP contribution in [0.3, 0.4) is 0 Å². The van der Waals surface area contributed by atoms with Crippen molar-refractivity contribution < 1.29 is 9.90 Å². The molecule has 1 unspecified atom stereocenters. The van der Waals surface area contributed by atoms with Gasteiger partial charge in [-0.1, -0.05) is 23.8 Å². The van der Waals surface area contributed by atoms with Crippen molar-refractivity contribution in [3.63, 3.8) is 0 Å². The molecule has 2 N–H and O–H groups in total. The first-order chi connectivity index (χ1) is 7.98. The number of aryl methyl sites for hydroxylation is 1. The average molecular weight is 233 g/mol. The lowest BCUT2D eigenvalue weighted by molar-refractivity contribution is -0.141. The molecule has 0 saturated carbocycles. The molecule has 0 bridgehead atoms. The predicted octanol–water partition coefficient (Wildman–Crippen LogP) is 3.22. The van der Waals surface area contributed by atoms with Crippen molar-refractivity contribution >= 4 is 11.7 Å². The topological polar surface area (TPSA) is 49.3 Å². The van der Waals surface area contributed by atoms with Crippen molar-refractivity contribution in [2.45, 2.75) is 32.2 Å². The highest BCUT2D eigenvalue weighted by Crippen LogP contribution is 2.21. The molecule has 0 amide bonds. The first-order valence-corrected chi connectivity index (χ1v) is 5.67. The van der Waals surface area contributed by atoms with E-state index in [1.807, 2.05) is 31.2 Å². The molecule has 3 heteroatoms. The Morgan fingerprint density at radius 2 is 2.06 bits per heavy atom. The fourth-order valence-electron chi connectivity index (χ4n) is 1.57. The number of nitrogens with one attached hydrogen (secondary N) is 1. The van der Waals surface area contributed by atoms with Crippen LogP contribution in [0.5, 0.6) is 0 Å². The summed E-state index contributed by atoms with van der Waals surface area (Å²) >= 11 is 0. The van der Waals surface area contributed by atoms with E-state index in [9.17, 15) is 9.90 Å². The van der Waals surface area contributed by atoms with E-state index in [0.29, 0.717) is 12.8 Å². The molecule has 0 aromatic heterocycles. The Labute approximate surface area is 102 Å². The van der Waals surface area contributed by atoms with Crippen LogP contribution >= 0.6 is 0 Å². The van der Waals surface area contributed by atoms with Gasteiger partial charge < -0.3 is 10.4 Å². The third kappa shape index (κ3) is 3.63. The number of carboxylic acids is 1. The van der Waals surface area contributed by atoms with Gasteiger partial charge in [0.25, 0.3) is 0 Å². The zero-order valence-electron chi connectivity index (χ0n) is 10.4. The van der Waals surface area contributed by atoms with E-state index in [4.69, 9.17) is 0 Å². The van der Waals surface area contributed by atoms with Crippen LogP contribution in [0, 0.1) is 6.92 Å². The first kappa shape index (κ1) is 13.3. The molecule has 0 saturated heterocycles. The number of hydrogen-bond acceptors (Lipinski definition) is 2. The molecular formula is C14H19NO2. The van der Waals surface area contributed by atoms with Gasteiger partial charge in [-0.15, -0.1) is 6.58 Å². The lowest BCUT2D eigenvalue weighted by atomic mass is 9.95. The Kier molecular flexibility index (Phi) is 4.32. The van der Waals surface area contributed by atoms with Crippen molar-refractivity contribution in [3.05, 3.63) is 42.5 Å². The van der Waals surface area contributed by atoms with Crippen LogP contribution in [0.25, 0.3) is 0 Å². The third-order valence-corrected chi connectivity index (χ3v) is 2.79. The maximum absolute atomic E-state index is 11.3. The Balaban J connectivity index is 2.82. The summed E-state index contributed by atoms with van der Waals surface area (Å²) in [6.45, 7) is 7.31. The average Bonchev–Trinajstić information content (AvgIpc) is 2.29. The normalized spacial score (nSPS) is 13.8. The molecule has 92 valence electrons. The quantitative estimate of drug-likeness (QED) is 0.742. The van der Waals surface area contributed by atoms with Gasteiger partial charge in [0, 0.05) is 5.69 Å². The minimum atomic E-state index is -0.955. The van der Waals surface area contributed by atoms with E-state index in [0.717, 1.165) is 11.3 Å². The molecule has 0 aliphatic carbocycles. The van der Waals surface area contributed by atoms with Gasteiger partial charge in [0.2, 0.25) is 0 Å². The summed E-state index contributed by atoms with van der Waals surface area (Å²) in [4.78, 5) is 11.3. The maximum Gasteiger partial charge on any atom is 0.329 e. The van der Waals surface area contributed by atoms with Crippen LogP contribution in [0.2, 0.25) is 0 Å². The fourth-order valence-corrected chi connectivity index (χ4v) is 1.57. The van der Waals surface area contributed by atoms with Crippen LogP contribution in [0.15, 0.2) is 36.9 Å². The standard InChI is InChI=1S/C14H19NO2/c1-4-5-10-14(3,13(16)17)15-12-8-6-11(2)7-9-12/h4,6-9,15H,1,5,10H2,2-3H3,(H,16,17). The lowest BCUT2D eigenvalue weighted by Crippen LogP contribution is -2.43. The van der Waals surface area contributed by atoms with E-state index >= 15 is 0 Å². The summed E-state index contributed by atoms with van der Waals surface area (Å²) in [6.07, 6.45) is 2.92. The van der Waals surface area contributed by atoms with Crippen molar-refractivity contribution in [1.29, 1.82) is 0 Å². The van der Waals surface area contributed by atoms with E-state index in [2.05, 4.69) is 11.9 Å². The minimum absolute atomic E-state index is 0.514. The molecule has 0 radical (unpaired) electrons. The van der Waals surface area contributed by atoms with E-state index in [1.54, 1.807) is 13.0 Å². The van der Waals surface area contributed by atoms with Crippen molar-refractivity contribution in [2.24, 2.45) is 0 Å². The molecule has 17 heavy (non-hydrogen) atoms. The van der Waals surface area contributed by atoms with Gasteiger partial charge in [-0.05, 0) is 38.8 Å². The molecule has 1 aromatic rings. The van der Waals surface area contributed by atoms with Crippen molar-refractivity contribution in [1.82, 2.24) is 0 Å². The number of benzene rings is 1. The molecule has 1 aromatic carbocycles. The van der Waals surface area contributed by atoms with Gasteiger partial charge in [-0.2, -0.15) is 0 Å². The fraction of sp³-hybridized carbons (Fsp3) is 0.357. The van der Waals surface area contributed by atoms with Crippen LogP contribution in [-0.4, -0.2) is 16.6 Å². The van der Waals surface area contributed by atoms with Gasteiger partial charge in [-0.3, -0.25) is 0 Å². The summed E-state index contributed by atoms with van der Waals surface area (Å²) in [6, 6.07) is 7.70. The first-order valence-electron chi connectivity index (χ1n) is 5.67. The smallest absolute Gasteiger partial charge is 0.329 e. The van der Waals surface area contributed by atoms with Gasteiger partial charge in [0.15, 0.2) is 0 Å². The lowest BCUT2D eigenvalue weighted by Gasteiger charge is -2.27. The molecule has 1 rings (SSSR count). The number of aliphatic carboxylic acids is 1. The van der Waals surface area contributed by atoms with Crippen LogP contribution < -0.4 is 5.32 Å². The molecular weight excluding hydrogens is 214 g/mol. The van der Waals surface area contributed by atoms with Crippen LogP contribution in [-0.2, 0) is 4.79 Å². The number of carbonyl (C=O) groups is 1. The molecule has 0 aliphatic rings.